The van der Waals surface area contributed by atoms with Gasteiger partial charge in [0.25, 0.3) is 5.91 Å². The summed E-state index contributed by atoms with van der Waals surface area (Å²) in [6.07, 6.45) is 0. The molecule has 1 aromatic carbocycles. The fourth-order valence-corrected chi connectivity index (χ4v) is 2.04. The Morgan fingerprint density at radius 2 is 1.85 bits per heavy atom. The van der Waals surface area contributed by atoms with Crippen LogP contribution in [0.15, 0.2) is 36.4 Å². The summed E-state index contributed by atoms with van der Waals surface area (Å²) in [5.41, 5.74) is 6.70. The highest BCUT2D eigenvalue weighted by atomic mass is 35.5. The fraction of sp³-hybridized carbons (Fsp3) is 0.143. The molecule has 0 aliphatic heterocycles. The van der Waals surface area contributed by atoms with E-state index < -0.39 is 0 Å². The molecule has 0 aliphatic carbocycles. The molecule has 104 valence electrons. The lowest BCUT2D eigenvalue weighted by Crippen LogP contribution is -2.27. The highest BCUT2D eigenvalue weighted by molar-refractivity contribution is 6.33. The van der Waals surface area contributed by atoms with Crippen LogP contribution in [0.2, 0.25) is 10.0 Å². The summed E-state index contributed by atoms with van der Waals surface area (Å²) in [7, 11) is 1.68. The Kier molecular flexibility index (Phi) is 4.47. The van der Waals surface area contributed by atoms with Crippen molar-refractivity contribution in [3.63, 3.8) is 0 Å². The smallest absolute Gasteiger partial charge is 0.274 e. The molecular formula is C14H13Cl2N3O. The van der Waals surface area contributed by atoms with Crippen LogP contribution in [0, 0.1) is 0 Å². The predicted molar refractivity (Wildman–Crippen MR) is 80.9 cm³/mol. The standard InChI is InChI=1S/C14H13Cl2N3O/c1-19(8-9-2-4-10(15)5-3-9)14(20)13-11(16)6-7-12(17)18-13/h2-7H,8H2,1H3,(H2,17,18). The van der Waals surface area contributed by atoms with Gasteiger partial charge in [-0.1, -0.05) is 35.3 Å². The van der Waals surface area contributed by atoms with E-state index in [0.717, 1.165) is 5.56 Å². The maximum absolute atomic E-state index is 12.3. The molecule has 0 fully saturated rings. The summed E-state index contributed by atoms with van der Waals surface area (Å²) in [5, 5.41) is 0.940. The maximum Gasteiger partial charge on any atom is 0.274 e. The summed E-state index contributed by atoms with van der Waals surface area (Å²) in [6, 6.07) is 10.4. The molecule has 0 bridgehead atoms. The average Bonchev–Trinajstić information content (AvgIpc) is 2.43. The van der Waals surface area contributed by atoms with E-state index in [9.17, 15) is 4.79 Å². The van der Waals surface area contributed by atoms with Crippen LogP contribution in [0.3, 0.4) is 0 Å². The van der Waals surface area contributed by atoms with Crippen LogP contribution in [0.4, 0.5) is 5.82 Å². The number of amides is 1. The van der Waals surface area contributed by atoms with Crippen LogP contribution < -0.4 is 5.73 Å². The maximum atomic E-state index is 12.3. The Hall–Kier alpha value is -1.78. The third-order valence-corrected chi connectivity index (χ3v) is 3.31. The third kappa shape index (κ3) is 3.40. The first-order valence-electron chi connectivity index (χ1n) is 5.89. The molecule has 0 saturated heterocycles. The van der Waals surface area contributed by atoms with Crippen molar-refractivity contribution in [3.8, 4) is 0 Å². The monoisotopic (exact) mass is 309 g/mol. The first-order valence-corrected chi connectivity index (χ1v) is 6.65. The molecular weight excluding hydrogens is 297 g/mol. The van der Waals surface area contributed by atoms with Crippen molar-refractivity contribution in [2.75, 3.05) is 12.8 Å². The number of nitrogens with zero attached hydrogens (tertiary/aromatic N) is 2. The Balaban J connectivity index is 2.16. The summed E-state index contributed by atoms with van der Waals surface area (Å²) >= 11 is 11.8. The van der Waals surface area contributed by atoms with Crippen LogP contribution in [0.1, 0.15) is 16.1 Å². The zero-order chi connectivity index (χ0) is 14.7. The van der Waals surface area contributed by atoms with Crippen LogP contribution in [0.25, 0.3) is 0 Å². The van der Waals surface area contributed by atoms with Crippen molar-refractivity contribution >= 4 is 34.9 Å². The normalized spacial score (nSPS) is 10.3. The minimum Gasteiger partial charge on any atom is -0.384 e. The molecule has 0 radical (unpaired) electrons. The highest BCUT2D eigenvalue weighted by Gasteiger charge is 2.17. The second-order valence-electron chi connectivity index (χ2n) is 4.35. The first-order chi connectivity index (χ1) is 9.47. The number of carbonyl (C=O) groups is 1. The number of anilines is 1. The molecule has 6 heteroatoms. The summed E-state index contributed by atoms with van der Waals surface area (Å²) in [4.78, 5) is 17.8. The number of halogens is 2. The van der Waals surface area contributed by atoms with E-state index >= 15 is 0 Å². The number of hydrogen-bond donors (Lipinski definition) is 1. The molecule has 2 N–H and O–H groups in total. The molecule has 0 atom stereocenters. The minimum atomic E-state index is -0.280. The van der Waals surface area contributed by atoms with Gasteiger partial charge in [-0.05, 0) is 29.8 Å². The molecule has 2 rings (SSSR count). The van der Waals surface area contributed by atoms with E-state index in [2.05, 4.69) is 4.98 Å². The Bertz CT molecular complexity index is 629. The van der Waals surface area contributed by atoms with Crippen molar-refractivity contribution in [1.29, 1.82) is 0 Å². The number of nitrogen functional groups attached to an aromatic ring is 1. The molecule has 1 heterocycles. The number of pyridine rings is 1. The van der Waals surface area contributed by atoms with E-state index in [1.165, 1.54) is 4.90 Å². The van der Waals surface area contributed by atoms with Gasteiger partial charge in [-0.3, -0.25) is 4.79 Å². The number of nitrogens with two attached hydrogens (primary N) is 1. The first kappa shape index (κ1) is 14.6. The van der Waals surface area contributed by atoms with Crippen molar-refractivity contribution in [3.05, 3.63) is 57.7 Å². The lowest BCUT2D eigenvalue weighted by atomic mass is 10.2. The van der Waals surface area contributed by atoms with Gasteiger partial charge in [-0.2, -0.15) is 0 Å². The Labute approximate surface area is 127 Å². The Morgan fingerprint density at radius 3 is 2.50 bits per heavy atom. The third-order valence-electron chi connectivity index (χ3n) is 2.75. The molecule has 0 saturated carbocycles. The molecule has 2 aromatic rings. The lowest BCUT2D eigenvalue weighted by Gasteiger charge is -2.17. The van der Waals surface area contributed by atoms with Gasteiger partial charge < -0.3 is 10.6 Å². The number of aromatic nitrogens is 1. The molecule has 0 aliphatic rings. The molecule has 1 amide bonds. The summed E-state index contributed by atoms with van der Waals surface area (Å²) in [5.74, 6) is -0.0186. The average molecular weight is 310 g/mol. The minimum absolute atomic E-state index is 0.156. The van der Waals surface area contributed by atoms with E-state index in [4.69, 9.17) is 28.9 Å². The topological polar surface area (TPSA) is 59.2 Å². The van der Waals surface area contributed by atoms with E-state index in [0.29, 0.717) is 11.6 Å². The van der Waals surface area contributed by atoms with Gasteiger partial charge in [0.2, 0.25) is 0 Å². The van der Waals surface area contributed by atoms with Gasteiger partial charge in [0.05, 0.1) is 5.02 Å². The van der Waals surface area contributed by atoms with Gasteiger partial charge in [0.15, 0.2) is 0 Å². The summed E-state index contributed by atoms with van der Waals surface area (Å²) < 4.78 is 0. The second-order valence-corrected chi connectivity index (χ2v) is 5.20. The van der Waals surface area contributed by atoms with Crippen molar-refractivity contribution in [2.24, 2.45) is 0 Å². The van der Waals surface area contributed by atoms with Crippen LogP contribution in [-0.2, 0) is 6.54 Å². The molecule has 0 unspecified atom stereocenters. The lowest BCUT2D eigenvalue weighted by molar-refractivity contribution is 0.0779. The Morgan fingerprint density at radius 1 is 1.20 bits per heavy atom. The second kappa shape index (κ2) is 6.11. The van der Waals surface area contributed by atoms with E-state index in [1.807, 2.05) is 12.1 Å². The highest BCUT2D eigenvalue weighted by Crippen LogP contribution is 2.18. The number of carbonyl (C=O) groups excluding carboxylic acids is 1. The number of rotatable bonds is 3. The van der Waals surface area contributed by atoms with E-state index in [1.54, 1.807) is 31.3 Å². The van der Waals surface area contributed by atoms with Crippen LogP contribution in [-0.4, -0.2) is 22.8 Å². The van der Waals surface area contributed by atoms with Gasteiger partial charge in [-0.15, -0.1) is 0 Å². The van der Waals surface area contributed by atoms with Crippen molar-refractivity contribution < 1.29 is 4.79 Å². The zero-order valence-corrected chi connectivity index (χ0v) is 12.3. The van der Waals surface area contributed by atoms with Crippen LogP contribution in [0.5, 0.6) is 0 Å². The summed E-state index contributed by atoms with van der Waals surface area (Å²) in [6.45, 7) is 0.433. The van der Waals surface area contributed by atoms with Gasteiger partial charge >= 0.3 is 0 Å². The largest absolute Gasteiger partial charge is 0.384 e. The fourth-order valence-electron chi connectivity index (χ4n) is 1.72. The van der Waals surface area contributed by atoms with Crippen molar-refractivity contribution in [2.45, 2.75) is 6.54 Å². The number of hydrogen-bond acceptors (Lipinski definition) is 3. The molecule has 1 aromatic heterocycles. The van der Waals surface area contributed by atoms with Gasteiger partial charge in [-0.25, -0.2) is 4.98 Å². The van der Waals surface area contributed by atoms with Gasteiger partial charge in [0, 0.05) is 18.6 Å². The zero-order valence-electron chi connectivity index (χ0n) is 10.8. The quantitative estimate of drug-likeness (QED) is 0.947. The SMILES string of the molecule is CN(Cc1ccc(Cl)cc1)C(=O)c1nc(N)ccc1Cl. The predicted octanol–water partition coefficient (Wildman–Crippen LogP) is 3.24. The number of benzene rings is 1. The van der Waals surface area contributed by atoms with Crippen LogP contribution >= 0.6 is 23.2 Å². The molecule has 0 spiro atoms. The molecule has 20 heavy (non-hydrogen) atoms. The van der Waals surface area contributed by atoms with Crippen molar-refractivity contribution in [1.82, 2.24) is 9.88 Å². The molecule has 4 nitrogen and oxygen atoms in total. The van der Waals surface area contributed by atoms with E-state index in [-0.39, 0.29) is 22.4 Å². The van der Waals surface area contributed by atoms with Gasteiger partial charge in [0.1, 0.15) is 11.5 Å².